The summed E-state index contributed by atoms with van der Waals surface area (Å²) >= 11 is 0. The van der Waals surface area contributed by atoms with Gasteiger partial charge < -0.3 is 35.5 Å². The maximum absolute atomic E-state index is 10.7. The second-order valence-electron chi connectivity index (χ2n) is 6.70. The molecule has 1 fully saturated rings. The fourth-order valence-electron chi connectivity index (χ4n) is 3.09. The molecule has 0 saturated carbocycles. The van der Waals surface area contributed by atoms with Crippen LogP contribution in [0.15, 0.2) is 29.6 Å². The Hall–Kier alpha value is -3.22. The molecule has 0 radical (unpaired) electrons. The molecule has 12 nitrogen and oxygen atoms in total. The first-order valence-corrected chi connectivity index (χ1v) is 9.22. The maximum atomic E-state index is 10.7. The molecule has 3 heterocycles. The van der Waals surface area contributed by atoms with Crippen molar-refractivity contribution in [3.05, 3.63) is 46.0 Å². The van der Waals surface area contributed by atoms with E-state index in [0.29, 0.717) is 17.8 Å². The molecular formula is C18H22N6O6. The SMILES string of the molecule is C[C@H]1O[C@@H](Cc2ncnc(OCCc3ccc([N+](=O)[O-])nc3)c2N=CN)[C@H](O)[C@@H]1O. The summed E-state index contributed by atoms with van der Waals surface area (Å²) in [6, 6.07) is 2.93. The number of ether oxygens (including phenoxy) is 2. The molecule has 0 amide bonds. The van der Waals surface area contributed by atoms with Gasteiger partial charge in [0.2, 0.25) is 5.88 Å². The number of nitrogens with zero attached hydrogens (tertiary/aromatic N) is 5. The van der Waals surface area contributed by atoms with E-state index in [2.05, 4.69) is 19.9 Å². The minimum Gasteiger partial charge on any atom is -0.476 e. The Morgan fingerprint density at radius 3 is 2.73 bits per heavy atom. The number of hydrogen-bond donors (Lipinski definition) is 3. The summed E-state index contributed by atoms with van der Waals surface area (Å²) in [5.74, 6) is -0.0342. The summed E-state index contributed by atoms with van der Waals surface area (Å²) in [6.45, 7) is 1.88. The number of hydrogen-bond acceptors (Lipinski definition) is 10. The van der Waals surface area contributed by atoms with E-state index in [1.54, 1.807) is 13.0 Å². The normalized spacial score (nSPS) is 23.7. The average molecular weight is 418 g/mol. The van der Waals surface area contributed by atoms with Gasteiger partial charge >= 0.3 is 5.82 Å². The summed E-state index contributed by atoms with van der Waals surface area (Å²) in [6.07, 6.45) is 1.22. The van der Waals surface area contributed by atoms with Crippen LogP contribution in [0.5, 0.6) is 5.88 Å². The third-order valence-electron chi connectivity index (χ3n) is 4.69. The Morgan fingerprint density at radius 2 is 2.13 bits per heavy atom. The van der Waals surface area contributed by atoms with E-state index < -0.39 is 29.3 Å². The third kappa shape index (κ3) is 4.84. The standard InChI is InChI=1S/C18H22N6O6/c1-10-16(25)17(26)13(30-10)6-12-15(21-8-19)18(23-9-22-12)29-5-4-11-2-3-14(20-7-11)24(27)28/h2-3,7-10,13,16-17,25-26H,4-6H2,1H3,(H2,19,21)/t10-,13+,16-,17+/m1/s1. The van der Waals surface area contributed by atoms with Crippen molar-refractivity contribution in [3.63, 3.8) is 0 Å². The highest BCUT2D eigenvalue weighted by atomic mass is 16.6. The zero-order valence-corrected chi connectivity index (χ0v) is 16.2. The molecule has 0 aliphatic carbocycles. The Balaban J connectivity index is 1.69. The summed E-state index contributed by atoms with van der Waals surface area (Å²) in [5, 5.41) is 30.7. The number of pyridine rings is 1. The molecule has 0 unspecified atom stereocenters. The lowest BCUT2D eigenvalue weighted by molar-refractivity contribution is -0.389. The minimum atomic E-state index is -1.05. The molecule has 4 atom stereocenters. The molecule has 4 N–H and O–H groups in total. The first-order chi connectivity index (χ1) is 14.4. The number of aromatic nitrogens is 3. The van der Waals surface area contributed by atoms with Crippen LogP contribution >= 0.6 is 0 Å². The predicted octanol–water partition coefficient (Wildman–Crippen LogP) is 0.0714. The molecule has 160 valence electrons. The molecule has 12 heteroatoms. The Kier molecular flexibility index (Phi) is 6.82. The highest BCUT2D eigenvalue weighted by molar-refractivity contribution is 5.63. The van der Waals surface area contributed by atoms with Gasteiger partial charge in [0.1, 0.15) is 30.4 Å². The number of nitro groups is 1. The highest BCUT2D eigenvalue weighted by Gasteiger charge is 2.40. The second-order valence-corrected chi connectivity index (χ2v) is 6.70. The first-order valence-electron chi connectivity index (χ1n) is 9.22. The van der Waals surface area contributed by atoms with Crippen LogP contribution < -0.4 is 10.5 Å². The number of aliphatic hydroxyl groups excluding tert-OH is 2. The van der Waals surface area contributed by atoms with E-state index in [1.165, 1.54) is 18.6 Å². The van der Waals surface area contributed by atoms with E-state index in [-0.39, 0.29) is 24.7 Å². The lowest BCUT2D eigenvalue weighted by Gasteiger charge is -2.16. The molecule has 1 saturated heterocycles. The van der Waals surface area contributed by atoms with Crippen LogP contribution in [0.1, 0.15) is 18.2 Å². The predicted molar refractivity (Wildman–Crippen MR) is 105 cm³/mol. The van der Waals surface area contributed by atoms with Crippen LogP contribution in [0.4, 0.5) is 11.5 Å². The zero-order valence-electron chi connectivity index (χ0n) is 16.2. The van der Waals surface area contributed by atoms with Gasteiger partial charge in [0.05, 0.1) is 30.8 Å². The van der Waals surface area contributed by atoms with Crippen molar-refractivity contribution < 1.29 is 24.6 Å². The van der Waals surface area contributed by atoms with Crippen LogP contribution in [-0.2, 0) is 17.6 Å². The summed E-state index contributed by atoms with van der Waals surface area (Å²) in [5.41, 5.74) is 6.95. The maximum Gasteiger partial charge on any atom is 0.363 e. The Morgan fingerprint density at radius 1 is 1.33 bits per heavy atom. The first kappa shape index (κ1) is 21.5. The number of aliphatic hydroxyl groups is 2. The van der Waals surface area contributed by atoms with E-state index >= 15 is 0 Å². The van der Waals surface area contributed by atoms with Gasteiger partial charge in [-0.25, -0.2) is 9.98 Å². The van der Waals surface area contributed by atoms with Gasteiger partial charge in [-0.15, -0.1) is 0 Å². The number of rotatable bonds is 8. The van der Waals surface area contributed by atoms with Crippen molar-refractivity contribution in [2.75, 3.05) is 6.61 Å². The molecule has 1 aliphatic rings. The van der Waals surface area contributed by atoms with E-state index in [4.69, 9.17) is 15.2 Å². The van der Waals surface area contributed by atoms with Crippen LogP contribution in [0.2, 0.25) is 0 Å². The van der Waals surface area contributed by atoms with Crippen molar-refractivity contribution in [3.8, 4) is 5.88 Å². The lowest BCUT2D eigenvalue weighted by Crippen LogP contribution is -2.32. The molecular weight excluding hydrogens is 396 g/mol. The molecule has 0 spiro atoms. The Labute approximate surface area is 171 Å². The largest absolute Gasteiger partial charge is 0.476 e. The van der Waals surface area contributed by atoms with Crippen molar-refractivity contribution in [2.24, 2.45) is 10.7 Å². The molecule has 0 aromatic carbocycles. The van der Waals surface area contributed by atoms with Crippen molar-refractivity contribution in [1.29, 1.82) is 0 Å². The van der Waals surface area contributed by atoms with Crippen LogP contribution in [0.3, 0.4) is 0 Å². The van der Waals surface area contributed by atoms with Gasteiger partial charge in [0.25, 0.3) is 0 Å². The Bertz CT molecular complexity index is 909. The van der Waals surface area contributed by atoms with Crippen molar-refractivity contribution in [1.82, 2.24) is 15.0 Å². The molecule has 2 aromatic heterocycles. The summed E-state index contributed by atoms with van der Waals surface area (Å²) in [7, 11) is 0. The quantitative estimate of drug-likeness (QED) is 0.230. The topological polar surface area (TPSA) is 179 Å². The lowest BCUT2D eigenvalue weighted by atomic mass is 10.0. The molecule has 0 bridgehead atoms. The van der Waals surface area contributed by atoms with E-state index in [1.807, 2.05) is 0 Å². The van der Waals surface area contributed by atoms with Gasteiger partial charge in [0.15, 0.2) is 0 Å². The molecule has 2 aromatic rings. The van der Waals surface area contributed by atoms with Gasteiger partial charge in [0, 0.05) is 18.9 Å². The zero-order chi connectivity index (χ0) is 21.7. The third-order valence-corrected chi connectivity index (χ3v) is 4.69. The van der Waals surface area contributed by atoms with Gasteiger partial charge in [-0.2, -0.15) is 4.98 Å². The monoisotopic (exact) mass is 418 g/mol. The summed E-state index contributed by atoms with van der Waals surface area (Å²) < 4.78 is 11.3. The average Bonchev–Trinajstić information content (AvgIpc) is 2.97. The van der Waals surface area contributed by atoms with Crippen molar-refractivity contribution in [2.45, 2.75) is 44.2 Å². The van der Waals surface area contributed by atoms with Crippen LogP contribution in [0.25, 0.3) is 0 Å². The minimum absolute atomic E-state index is 0.181. The molecule has 1 aliphatic heterocycles. The summed E-state index contributed by atoms with van der Waals surface area (Å²) in [4.78, 5) is 26.2. The van der Waals surface area contributed by atoms with Crippen molar-refractivity contribution >= 4 is 17.8 Å². The van der Waals surface area contributed by atoms with Gasteiger partial charge in [-0.3, -0.25) is 0 Å². The number of nitrogens with two attached hydrogens (primary N) is 1. The fraction of sp³-hybridized carbons (Fsp3) is 0.444. The van der Waals surface area contributed by atoms with Crippen LogP contribution in [0, 0.1) is 10.1 Å². The molecule has 3 rings (SSSR count). The van der Waals surface area contributed by atoms with Crippen LogP contribution in [-0.4, -0.2) is 67.4 Å². The molecule has 30 heavy (non-hydrogen) atoms. The van der Waals surface area contributed by atoms with Gasteiger partial charge in [-0.05, 0) is 28.5 Å². The van der Waals surface area contributed by atoms with Gasteiger partial charge in [-0.1, -0.05) is 0 Å². The number of aliphatic imine (C=N–C) groups is 1. The van der Waals surface area contributed by atoms with E-state index in [9.17, 15) is 20.3 Å². The smallest absolute Gasteiger partial charge is 0.363 e. The second kappa shape index (κ2) is 9.52. The fourth-order valence-corrected chi connectivity index (χ4v) is 3.09. The van der Waals surface area contributed by atoms with E-state index in [0.717, 1.165) is 11.9 Å². The highest BCUT2D eigenvalue weighted by Crippen LogP contribution is 2.31.